The summed E-state index contributed by atoms with van der Waals surface area (Å²) in [5, 5.41) is 0.496. The van der Waals surface area contributed by atoms with E-state index in [0.717, 1.165) is 29.8 Å². The minimum Gasteiger partial charge on any atom is -0.495 e. The van der Waals surface area contributed by atoms with Crippen LogP contribution in [0.5, 0.6) is 5.75 Å². The lowest BCUT2D eigenvalue weighted by Crippen LogP contribution is -2.46. The number of piperidine rings is 1. The average molecular weight is 463 g/mol. The number of methoxy groups -OCH3 is 1. The number of fused-ring (bicyclic) bond motifs is 1. The van der Waals surface area contributed by atoms with E-state index >= 15 is 0 Å². The number of carbonyl (C=O) groups is 1. The number of ether oxygens (including phenoxy) is 1. The summed E-state index contributed by atoms with van der Waals surface area (Å²) < 4.78 is 32.9. The summed E-state index contributed by atoms with van der Waals surface area (Å²) in [5.41, 5.74) is 3.22. The molecule has 0 aliphatic carbocycles. The number of carbonyl (C=O) groups excluding carboxylic acids is 1. The third-order valence-electron chi connectivity index (χ3n) is 6.30. The fourth-order valence-electron chi connectivity index (χ4n) is 4.56. The number of hydrogen-bond acceptors (Lipinski definition) is 4. The van der Waals surface area contributed by atoms with E-state index in [4.69, 9.17) is 16.3 Å². The zero-order chi connectivity index (χ0) is 22.2. The summed E-state index contributed by atoms with van der Waals surface area (Å²) in [6.45, 7) is 3.38. The van der Waals surface area contributed by atoms with Gasteiger partial charge in [-0.25, -0.2) is 8.42 Å². The third-order valence-corrected chi connectivity index (χ3v) is 8.46. The summed E-state index contributed by atoms with van der Waals surface area (Å²) in [7, 11) is -1.96. The summed E-state index contributed by atoms with van der Waals surface area (Å²) in [5.74, 6) is 0.581. The molecule has 1 saturated heterocycles. The van der Waals surface area contributed by atoms with Crippen LogP contribution < -0.4 is 9.64 Å². The standard InChI is InChI=1S/C23H27ClN2O4S/c1-16-5-10-21(30-2)22-20(16)4-3-13-26(22)23(27)17-11-14-25(15-12-17)31(28,29)19-8-6-18(24)7-9-19/h5-10,17H,3-4,11-15H2,1-2H3. The highest BCUT2D eigenvalue weighted by Crippen LogP contribution is 2.39. The van der Waals surface area contributed by atoms with Gasteiger partial charge in [0.15, 0.2) is 0 Å². The molecule has 0 radical (unpaired) electrons. The monoisotopic (exact) mass is 462 g/mol. The topological polar surface area (TPSA) is 66.9 Å². The molecule has 31 heavy (non-hydrogen) atoms. The first-order chi connectivity index (χ1) is 14.8. The summed E-state index contributed by atoms with van der Waals surface area (Å²) in [6, 6.07) is 10.1. The lowest BCUT2D eigenvalue weighted by atomic mass is 9.92. The van der Waals surface area contributed by atoms with Crippen molar-refractivity contribution in [2.75, 3.05) is 31.6 Å². The van der Waals surface area contributed by atoms with Crippen LogP contribution in [0.4, 0.5) is 5.69 Å². The van der Waals surface area contributed by atoms with Gasteiger partial charge in [0, 0.05) is 30.6 Å². The average Bonchev–Trinajstić information content (AvgIpc) is 2.79. The van der Waals surface area contributed by atoms with Crippen LogP contribution in [0, 0.1) is 12.8 Å². The van der Waals surface area contributed by atoms with Crippen molar-refractivity contribution in [2.24, 2.45) is 5.92 Å². The number of hydrogen-bond donors (Lipinski definition) is 0. The van der Waals surface area contributed by atoms with Gasteiger partial charge in [-0.2, -0.15) is 4.31 Å². The molecule has 0 unspecified atom stereocenters. The van der Waals surface area contributed by atoms with E-state index < -0.39 is 10.0 Å². The SMILES string of the molecule is COc1ccc(C)c2c1N(C(=O)C1CCN(S(=O)(=O)c3ccc(Cl)cc3)CC1)CCC2. The second-order valence-corrected chi connectivity index (χ2v) is 10.5. The fourth-order valence-corrected chi connectivity index (χ4v) is 6.15. The van der Waals surface area contributed by atoms with Crippen molar-refractivity contribution in [3.8, 4) is 5.75 Å². The van der Waals surface area contributed by atoms with Crippen LogP contribution in [-0.4, -0.2) is 45.4 Å². The molecule has 2 aromatic carbocycles. The Morgan fingerprint density at radius 3 is 2.39 bits per heavy atom. The molecule has 1 amide bonds. The number of anilines is 1. The van der Waals surface area contributed by atoms with Gasteiger partial charge in [-0.15, -0.1) is 0 Å². The maximum atomic E-state index is 13.4. The molecule has 4 rings (SSSR count). The van der Waals surface area contributed by atoms with Gasteiger partial charge in [-0.3, -0.25) is 4.79 Å². The van der Waals surface area contributed by atoms with Crippen LogP contribution >= 0.6 is 11.6 Å². The molecule has 2 heterocycles. The zero-order valence-corrected chi connectivity index (χ0v) is 19.4. The van der Waals surface area contributed by atoms with Crippen molar-refractivity contribution in [3.05, 3.63) is 52.5 Å². The highest BCUT2D eigenvalue weighted by atomic mass is 35.5. The Morgan fingerprint density at radius 2 is 1.74 bits per heavy atom. The molecular formula is C23H27ClN2O4S. The van der Waals surface area contributed by atoms with Crippen molar-refractivity contribution in [3.63, 3.8) is 0 Å². The zero-order valence-electron chi connectivity index (χ0n) is 17.8. The first-order valence-electron chi connectivity index (χ1n) is 10.6. The maximum absolute atomic E-state index is 13.4. The molecular weight excluding hydrogens is 436 g/mol. The van der Waals surface area contributed by atoms with Gasteiger partial charge >= 0.3 is 0 Å². The smallest absolute Gasteiger partial charge is 0.243 e. The van der Waals surface area contributed by atoms with Crippen molar-refractivity contribution in [2.45, 2.75) is 37.5 Å². The number of aryl methyl sites for hydroxylation is 1. The number of benzene rings is 2. The van der Waals surface area contributed by atoms with Crippen molar-refractivity contribution < 1.29 is 17.9 Å². The first kappa shape index (κ1) is 22.1. The molecule has 0 bridgehead atoms. The van der Waals surface area contributed by atoms with Gasteiger partial charge < -0.3 is 9.64 Å². The number of rotatable bonds is 4. The molecule has 6 nitrogen and oxygen atoms in total. The molecule has 0 N–H and O–H groups in total. The molecule has 166 valence electrons. The van der Waals surface area contributed by atoms with E-state index in [-0.39, 0.29) is 16.7 Å². The van der Waals surface area contributed by atoms with E-state index in [9.17, 15) is 13.2 Å². The Balaban J connectivity index is 1.50. The molecule has 0 saturated carbocycles. The lowest BCUT2D eigenvalue weighted by molar-refractivity contribution is -0.123. The van der Waals surface area contributed by atoms with Gasteiger partial charge in [0.2, 0.25) is 15.9 Å². The first-order valence-corrected chi connectivity index (χ1v) is 12.4. The molecule has 0 atom stereocenters. The largest absolute Gasteiger partial charge is 0.495 e. The minimum absolute atomic E-state index is 0.0633. The Labute approximate surface area is 188 Å². The number of halogens is 1. The number of nitrogens with zero attached hydrogens (tertiary/aromatic N) is 2. The van der Waals surface area contributed by atoms with Crippen LogP contribution in [0.25, 0.3) is 0 Å². The van der Waals surface area contributed by atoms with Crippen LogP contribution in [-0.2, 0) is 21.2 Å². The molecule has 2 aliphatic heterocycles. The van der Waals surface area contributed by atoms with Gasteiger partial charge in [0.25, 0.3) is 0 Å². The van der Waals surface area contributed by atoms with Gasteiger partial charge in [0.05, 0.1) is 17.7 Å². The Morgan fingerprint density at radius 1 is 1.06 bits per heavy atom. The van der Waals surface area contributed by atoms with Gasteiger partial charge in [-0.1, -0.05) is 17.7 Å². The van der Waals surface area contributed by atoms with Crippen molar-refractivity contribution in [1.29, 1.82) is 0 Å². The van der Waals surface area contributed by atoms with Crippen molar-refractivity contribution in [1.82, 2.24) is 4.31 Å². The Hall–Kier alpha value is -2.09. The predicted octanol–water partition coefficient (Wildman–Crippen LogP) is 4.04. The maximum Gasteiger partial charge on any atom is 0.243 e. The predicted molar refractivity (Wildman–Crippen MR) is 121 cm³/mol. The lowest BCUT2D eigenvalue weighted by Gasteiger charge is -2.37. The number of amides is 1. The van der Waals surface area contributed by atoms with Crippen LogP contribution in [0.2, 0.25) is 5.02 Å². The van der Waals surface area contributed by atoms with E-state index in [1.165, 1.54) is 22.0 Å². The van der Waals surface area contributed by atoms with Gasteiger partial charge in [0.1, 0.15) is 5.75 Å². The Kier molecular flexibility index (Phi) is 6.28. The molecule has 0 spiro atoms. The highest BCUT2D eigenvalue weighted by molar-refractivity contribution is 7.89. The van der Waals surface area contributed by atoms with Crippen LogP contribution in [0.15, 0.2) is 41.3 Å². The summed E-state index contributed by atoms with van der Waals surface area (Å²) >= 11 is 5.88. The van der Waals surface area contributed by atoms with Crippen LogP contribution in [0.1, 0.15) is 30.4 Å². The second-order valence-electron chi connectivity index (χ2n) is 8.14. The summed E-state index contributed by atoms with van der Waals surface area (Å²) in [6.07, 6.45) is 2.85. The Bertz CT molecular complexity index is 1080. The molecule has 8 heteroatoms. The van der Waals surface area contributed by atoms with Gasteiger partial charge in [-0.05, 0) is 74.1 Å². The van der Waals surface area contributed by atoms with E-state index in [1.54, 1.807) is 19.2 Å². The van der Waals surface area contributed by atoms with E-state index in [0.29, 0.717) is 37.5 Å². The van der Waals surface area contributed by atoms with E-state index in [1.807, 2.05) is 17.0 Å². The molecule has 1 fully saturated rings. The third kappa shape index (κ3) is 4.19. The van der Waals surface area contributed by atoms with E-state index in [2.05, 4.69) is 6.92 Å². The quantitative estimate of drug-likeness (QED) is 0.687. The molecule has 2 aromatic rings. The van der Waals surface area contributed by atoms with Crippen LogP contribution in [0.3, 0.4) is 0 Å². The molecule has 0 aromatic heterocycles. The normalized spacial score (nSPS) is 18.0. The van der Waals surface area contributed by atoms with Crippen molar-refractivity contribution >= 4 is 33.2 Å². The number of sulfonamides is 1. The minimum atomic E-state index is -3.59. The molecule has 2 aliphatic rings. The fraction of sp³-hybridized carbons (Fsp3) is 0.435. The second kappa shape index (κ2) is 8.81. The highest BCUT2D eigenvalue weighted by Gasteiger charge is 2.36. The summed E-state index contributed by atoms with van der Waals surface area (Å²) in [4.78, 5) is 15.5.